The van der Waals surface area contributed by atoms with Gasteiger partial charge in [0.25, 0.3) is 0 Å². The Morgan fingerprint density at radius 1 is 1.25 bits per heavy atom. The van der Waals surface area contributed by atoms with Crippen LogP contribution < -0.4 is 10.5 Å². The Kier molecular flexibility index (Phi) is 3.49. The third-order valence-corrected chi connectivity index (χ3v) is 3.63. The van der Waals surface area contributed by atoms with Gasteiger partial charge in [0.15, 0.2) is 0 Å². The van der Waals surface area contributed by atoms with E-state index in [9.17, 15) is 0 Å². The molecule has 0 bridgehead atoms. The predicted octanol–water partition coefficient (Wildman–Crippen LogP) is 2.64. The first-order chi connectivity index (χ1) is 7.77. The van der Waals surface area contributed by atoms with Gasteiger partial charge in [0, 0.05) is 0 Å². The molecule has 0 aliphatic heterocycles. The summed E-state index contributed by atoms with van der Waals surface area (Å²) in [5.41, 5.74) is 10.1. The first-order valence-electron chi connectivity index (χ1n) is 6.16. The van der Waals surface area contributed by atoms with E-state index in [1.165, 1.54) is 36.0 Å². The van der Waals surface area contributed by atoms with Crippen molar-refractivity contribution < 1.29 is 4.74 Å². The predicted molar refractivity (Wildman–Crippen MR) is 67.1 cm³/mol. The van der Waals surface area contributed by atoms with E-state index >= 15 is 0 Å². The second-order valence-electron chi connectivity index (χ2n) is 4.66. The summed E-state index contributed by atoms with van der Waals surface area (Å²) in [4.78, 5) is 0. The molecule has 0 saturated heterocycles. The monoisotopic (exact) mass is 219 g/mol. The Morgan fingerprint density at radius 3 is 2.56 bits per heavy atom. The number of ether oxygens (including phenoxy) is 1. The van der Waals surface area contributed by atoms with Gasteiger partial charge in [-0.2, -0.15) is 0 Å². The number of hydrogen-bond donors (Lipinski definition) is 1. The summed E-state index contributed by atoms with van der Waals surface area (Å²) in [6.07, 6.45) is 4.92. The van der Waals surface area contributed by atoms with Gasteiger partial charge < -0.3 is 10.5 Å². The molecule has 16 heavy (non-hydrogen) atoms. The van der Waals surface area contributed by atoms with Crippen LogP contribution in [0.25, 0.3) is 0 Å². The molecule has 0 spiro atoms. The van der Waals surface area contributed by atoms with E-state index in [1.807, 2.05) is 0 Å². The average molecular weight is 219 g/mol. The van der Waals surface area contributed by atoms with Crippen molar-refractivity contribution in [1.82, 2.24) is 0 Å². The molecule has 1 atom stereocenters. The molecule has 1 aliphatic rings. The van der Waals surface area contributed by atoms with E-state index in [1.54, 1.807) is 7.11 Å². The summed E-state index contributed by atoms with van der Waals surface area (Å²) in [6, 6.07) is 4.30. The highest BCUT2D eigenvalue weighted by atomic mass is 16.5. The van der Waals surface area contributed by atoms with Gasteiger partial charge in [-0.1, -0.05) is 13.0 Å². The normalized spacial score (nSPS) is 16.7. The molecule has 0 fully saturated rings. The van der Waals surface area contributed by atoms with Gasteiger partial charge in [-0.05, 0) is 60.9 Å². The van der Waals surface area contributed by atoms with Crippen LogP contribution in [0.1, 0.15) is 42.4 Å². The first-order valence-corrected chi connectivity index (χ1v) is 6.16. The van der Waals surface area contributed by atoms with Crippen molar-refractivity contribution in [3.05, 3.63) is 28.8 Å². The van der Waals surface area contributed by atoms with Crippen molar-refractivity contribution in [3.63, 3.8) is 0 Å². The van der Waals surface area contributed by atoms with Crippen LogP contribution in [0.15, 0.2) is 12.1 Å². The molecule has 88 valence electrons. The molecule has 2 nitrogen and oxygen atoms in total. The minimum absolute atomic E-state index is 0.456. The average Bonchev–Trinajstić information content (AvgIpc) is 2.36. The van der Waals surface area contributed by atoms with Gasteiger partial charge in [-0.25, -0.2) is 0 Å². The van der Waals surface area contributed by atoms with E-state index in [0.717, 1.165) is 18.7 Å². The summed E-state index contributed by atoms with van der Waals surface area (Å²) in [7, 11) is 1.76. The number of nitrogens with two attached hydrogens (primary N) is 1. The van der Waals surface area contributed by atoms with Crippen molar-refractivity contribution in [1.29, 1.82) is 0 Å². The molecule has 0 radical (unpaired) electrons. The van der Waals surface area contributed by atoms with Crippen LogP contribution >= 0.6 is 0 Å². The molecule has 0 heterocycles. The van der Waals surface area contributed by atoms with Gasteiger partial charge in [-0.3, -0.25) is 0 Å². The highest BCUT2D eigenvalue weighted by Gasteiger charge is 2.19. The molecule has 0 aromatic heterocycles. The van der Waals surface area contributed by atoms with Crippen molar-refractivity contribution in [2.75, 3.05) is 13.7 Å². The summed E-state index contributed by atoms with van der Waals surface area (Å²) in [6.45, 7) is 2.93. The molecule has 2 heteroatoms. The van der Waals surface area contributed by atoms with Crippen LogP contribution in [0, 0.1) is 0 Å². The Labute approximate surface area is 97.8 Å². The van der Waals surface area contributed by atoms with Gasteiger partial charge in [0.05, 0.1) is 7.11 Å². The van der Waals surface area contributed by atoms with Crippen molar-refractivity contribution >= 4 is 0 Å². The lowest BCUT2D eigenvalue weighted by Gasteiger charge is -2.24. The lowest BCUT2D eigenvalue weighted by Crippen LogP contribution is -2.15. The lowest BCUT2D eigenvalue weighted by molar-refractivity contribution is 0.405. The highest BCUT2D eigenvalue weighted by Crippen LogP contribution is 2.34. The van der Waals surface area contributed by atoms with E-state index in [4.69, 9.17) is 10.5 Å². The molecule has 1 aliphatic carbocycles. The van der Waals surface area contributed by atoms with Crippen LogP contribution in [0.2, 0.25) is 0 Å². The summed E-state index contributed by atoms with van der Waals surface area (Å²) in [5.74, 6) is 1.51. The zero-order valence-electron chi connectivity index (χ0n) is 10.3. The maximum Gasteiger partial charge on any atom is 0.122 e. The second-order valence-corrected chi connectivity index (χ2v) is 4.66. The number of benzene rings is 1. The zero-order valence-corrected chi connectivity index (χ0v) is 10.3. The molecule has 1 aromatic carbocycles. The zero-order chi connectivity index (χ0) is 11.5. The molecular formula is C14H21NO. The minimum Gasteiger partial charge on any atom is -0.496 e. The fourth-order valence-electron chi connectivity index (χ4n) is 2.64. The summed E-state index contributed by atoms with van der Waals surface area (Å²) in [5, 5.41) is 0. The van der Waals surface area contributed by atoms with Gasteiger partial charge in [-0.15, -0.1) is 0 Å². The maximum absolute atomic E-state index is 5.78. The van der Waals surface area contributed by atoms with E-state index in [0.29, 0.717) is 5.92 Å². The van der Waals surface area contributed by atoms with Crippen molar-refractivity contribution in [2.45, 2.75) is 38.5 Å². The molecule has 0 saturated carbocycles. The van der Waals surface area contributed by atoms with Crippen LogP contribution in [-0.4, -0.2) is 13.7 Å². The van der Waals surface area contributed by atoms with E-state index in [2.05, 4.69) is 19.1 Å². The Hall–Kier alpha value is -1.02. The fraction of sp³-hybridized carbons (Fsp3) is 0.571. The SMILES string of the molecule is COc1ccc(C(C)CN)c2c1CCCC2. The molecular weight excluding hydrogens is 198 g/mol. The van der Waals surface area contributed by atoms with Crippen LogP contribution in [0.5, 0.6) is 5.75 Å². The molecule has 1 unspecified atom stereocenters. The van der Waals surface area contributed by atoms with Crippen LogP contribution in [0.3, 0.4) is 0 Å². The number of hydrogen-bond acceptors (Lipinski definition) is 2. The summed E-state index contributed by atoms with van der Waals surface area (Å²) < 4.78 is 5.45. The van der Waals surface area contributed by atoms with E-state index < -0.39 is 0 Å². The van der Waals surface area contributed by atoms with Crippen LogP contribution in [0.4, 0.5) is 0 Å². The molecule has 1 aromatic rings. The van der Waals surface area contributed by atoms with Gasteiger partial charge in [0.1, 0.15) is 5.75 Å². The fourth-order valence-corrected chi connectivity index (χ4v) is 2.64. The Balaban J connectivity index is 2.48. The summed E-state index contributed by atoms with van der Waals surface area (Å²) >= 11 is 0. The first kappa shape index (κ1) is 11.5. The standard InChI is InChI=1S/C14H21NO/c1-10(9-15)11-7-8-14(16-2)13-6-4-3-5-12(11)13/h7-8,10H,3-6,9,15H2,1-2H3. The molecule has 0 amide bonds. The lowest BCUT2D eigenvalue weighted by atomic mass is 9.83. The number of rotatable bonds is 3. The van der Waals surface area contributed by atoms with E-state index in [-0.39, 0.29) is 0 Å². The minimum atomic E-state index is 0.456. The second kappa shape index (κ2) is 4.88. The maximum atomic E-state index is 5.78. The van der Waals surface area contributed by atoms with Gasteiger partial charge in [0.2, 0.25) is 0 Å². The molecule has 2 rings (SSSR count). The smallest absolute Gasteiger partial charge is 0.122 e. The largest absolute Gasteiger partial charge is 0.496 e. The van der Waals surface area contributed by atoms with Gasteiger partial charge >= 0.3 is 0 Å². The Morgan fingerprint density at radius 2 is 1.94 bits per heavy atom. The third kappa shape index (κ3) is 1.94. The number of fused-ring (bicyclic) bond motifs is 1. The third-order valence-electron chi connectivity index (χ3n) is 3.63. The molecule has 2 N–H and O–H groups in total. The Bertz CT molecular complexity index is 373. The van der Waals surface area contributed by atoms with Crippen molar-refractivity contribution in [3.8, 4) is 5.75 Å². The number of methoxy groups -OCH3 is 1. The van der Waals surface area contributed by atoms with Crippen LogP contribution in [-0.2, 0) is 12.8 Å². The topological polar surface area (TPSA) is 35.2 Å². The quantitative estimate of drug-likeness (QED) is 0.848. The van der Waals surface area contributed by atoms with Crippen molar-refractivity contribution in [2.24, 2.45) is 5.73 Å². The highest BCUT2D eigenvalue weighted by molar-refractivity contribution is 5.47.